The minimum absolute atomic E-state index is 0.0305. The highest BCUT2D eigenvalue weighted by atomic mass is 15.0. The van der Waals surface area contributed by atoms with E-state index in [2.05, 4.69) is 156 Å². The maximum Gasteiger partial charge on any atom is 0.146 e. The van der Waals surface area contributed by atoms with Crippen LogP contribution in [0.25, 0.3) is 55.2 Å². The van der Waals surface area contributed by atoms with Gasteiger partial charge in [-0.2, -0.15) is 0 Å². The van der Waals surface area contributed by atoms with Crippen molar-refractivity contribution in [1.82, 2.24) is 9.38 Å². The fourth-order valence-electron chi connectivity index (χ4n) is 7.75. The third-order valence-electron chi connectivity index (χ3n) is 10.00. The fraction of sp³-hybridized carbons (Fsp3) is 0.0682. The summed E-state index contributed by atoms with van der Waals surface area (Å²) in [5, 5.41) is 3.57. The van der Waals surface area contributed by atoms with Gasteiger partial charge in [-0.25, -0.2) is 15.0 Å². The van der Waals surface area contributed by atoms with Crippen LogP contribution in [0.4, 0.5) is 0 Å². The molecule has 1 aliphatic carbocycles. The molecule has 0 bridgehead atoms. The number of imidazole rings is 1. The summed E-state index contributed by atoms with van der Waals surface area (Å²) in [7, 11) is 0. The highest BCUT2D eigenvalue weighted by Gasteiger charge is 2.31. The number of nitrogens with zero attached hydrogens (tertiary/aromatic N) is 4. The molecule has 1 aliphatic heterocycles. The molecule has 0 fully saturated rings. The summed E-state index contributed by atoms with van der Waals surface area (Å²) in [6.45, 7) is 0. The van der Waals surface area contributed by atoms with Crippen LogP contribution in [-0.2, 0) is 6.42 Å². The van der Waals surface area contributed by atoms with E-state index < -0.39 is 0 Å². The summed E-state index contributed by atoms with van der Waals surface area (Å²) < 4.78 is 2.33. The van der Waals surface area contributed by atoms with Crippen molar-refractivity contribution in [3.8, 4) is 11.1 Å². The summed E-state index contributed by atoms with van der Waals surface area (Å²) >= 11 is 0. The molecule has 1 atom stereocenters. The van der Waals surface area contributed by atoms with E-state index in [1.807, 2.05) is 0 Å². The Hall–Kier alpha value is -6.13. The molecular weight excluding hydrogens is 585 g/mol. The third-order valence-corrected chi connectivity index (χ3v) is 10.00. The number of amidine groups is 1. The molecule has 0 spiro atoms. The average molecular weight is 615 g/mol. The summed E-state index contributed by atoms with van der Waals surface area (Å²) in [5.74, 6) is 0.825. The molecule has 3 heterocycles. The van der Waals surface area contributed by atoms with Crippen molar-refractivity contribution in [3.63, 3.8) is 0 Å². The number of para-hydroxylation sites is 3. The van der Waals surface area contributed by atoms with Crippen molar-refractivity contribution in [2.75, 3.05) is 0 Å². The fourth-order valence-corrected chi connectivity index (χ4v) is 7.75. The first-order chi connectivity index (χ1) is 23.8. The minimum atomic E-state index is -0.0305. The lowest BCUT2D eigenvalue weighted by atomic mass is 9.77. The molecule has 2 aliphatic rings. The molecule has 4 nitrogen and oxygen atoms in total. The molecule has 1 unspecified atom stereocenters. The number of hydrogen-bond donors (Lipinski definition) is 0. The summed E-state index contributed by atoms with van der Waals surface area (Å²) in [4.78, 5) is 16.1. The van der Waals surface area contributed by atoms with Crippen molar-refractivity contribution in [3.05, 3.63) is 174 Å². The van der Waals surface area contributed by atoms with Crippen LogP contribution in [-0.4, -0.2) is 20.9 Å². The van der Waals surface area contributed by atoms with E-state index in [4.69, 9.17) is 15.0 Å². The van der Waals surface area contributed by atoms with Crippen molar-refractivity contribution in [2.45, 2.75) is 18.8 Å². The molecule has 0 amide bonds. The zero-order valence-corrected chi connectivity index (χ0v) is 26.2. The Balaban J connectivity index is 1.27. The maximum absolute atomic E-state index is 5.44. The Kier molecular flexibility index (Phi) is 6.03. The second-order valence-corrected chi connectivity index (χ2v) is 12.7. The highest BCUT2D eigenvalue weighted by molar-refractivity contribution is 6.17. The van der Waals surface area contributed by atoms with Crippen molar-refractivity contribution < 1.29 is 0 Å². The standard InChI is InChI=1S/C44H30N4/c1-3-13-28(14-4-1)38-23-24-39(29-15-5-2-6-16-29)46-43(45-38)36-25-30-17-7-8-18-31(30)33-27-37-34(26-35(33)36)32-19-9-11-21-41(32)48-42-22-12-10-20-40(42)47-44(37)48/h1-23,26-27,36H,24-25H2. The van der Waals surface area contributed by atoms with Gasteiger partial charge in [0, 0.05) is 23.1 Å². The van der Waals surface area contributed by atoms with Gasteiger partial charge in [-0.3, -0.25) is 4.40 Å². The summed E-state index contributed by atoms with van der Waals surface area (Å²) in [6, 6.07) is 51.8. The van der Waals surface area contributed by atoms with E-state index >= 15 is 0 Å². The number of allylic oxidation sites excluding steroid dienone is 1. The van der Waals surface area contributed by atoms with E-state index in [1.54, 1.807) is 0 Å². The van der Waals surface area contributed by atoms with Gasteiger partial charge in [-0.1, -0.05) is 121 Å². The quantitative estimate of drug-likeness (QED) is 0.183. The van der Waals surface area contributed by atoms with Gasteiger partial charge in [-0.05, 0) is 75.5 Å². The van der Waals surface area contributed by atoms with Gasteiger partial charge in [0.05, 0.1) is 28.0 Å². The van der Waals surface area contributed by atoms with Crippen LogP contribution in [0.5, 0.6) is 0 Å². The zero-order valence-electron chi connectivity index (χ0n) is 26.2. The van der Waals surface area contributed by atoms with E-state index in [0.717, 1.165) is 62.4 Å². The van der Waals surface area contributed by atoms with Gasteiger partial charge in [0.2, 0.25) is 0 Å². The van der Waals surface area contributed by atoms with E-state index in [0.29, 0.717) is 6.42 Å². The predicted octanol–water partition coefficient (Wildman–Crippen LogP) is 10.4. The van der Waals surface area contributed by atoms with Gasteiger partial charge in [0.15, 0.2) is 0 Å². The van der Waals surface area contributed by atoms with Crippen LogP contribution in [0.3, 0.4) is 0 Å². The Bertz CT molecular complexity index is 2660. The number of aliphatic imine (C=N–C) groups is 2. The van der Waals surface area contributed by atoms with Crippen LogP contribution >= 0.6 is 0 Å². The molecule has 10 rings (SSSR count). The van der Waals surface area contributed by atoms with Crippen molar-refractivity contribution in [1.29, 1.82) is 0 Å². The molecular formula is C44H30N4. The third kappa shape index (κ3) is 4.19. The molecule has 226 valence electrons. The van der Waals surface area contributed by atoms with Crippen molar-refractivity contribution in [2.24, 2.45) is 9.98 Å². The number of hydrogen-bond acceptors (Lipinski definition) is 3. The molecule has 6 aromatic carbocycles. The number of pyridine rings is 1. The monoisotopic (exact) mass is 614 g/mol. The molecule has 0 N–H and O–H groups in total. The molecule has 2 aromatic heterocycles. The molecule has 0 saturated carbocycles. The van der Waals surface area contributed by atoms with Gasteiger partial charge in [0.25, 0.3) is 0 Å². The lowest BCUT2D eigenvalue weighted by Gasteiger charge is -2.29. The topological polar surface area (TPSA) is 42.0 Å². The predicted molar refractivity (Wildman–Crippen MR) is 199 cm³/mol. The first-order valence-electron chi connectivity index (χ1n) is 16.6. The van der Waals surface area contributed by atoms with Crippen LogP contribution in [0.15, 0.2) is 162 Å². The van der Waals surface area contributed by atoms with Gasteiger partial charge in [-0.15, -0.1) is 0 Å². The summed E-state index contributed by atoms with van der Waals surface area (Å²) in [6.07, 6.45) is 3.78. The summed E-state index contributed by atoms with van der Waals surface area (Å²) in [5.41, 5.74) is 13.6. The Morgan fingerprint density at radius 3 is 2.12 bits per heavy atom. The molecule has 4 heteroatoms. The smallest absolute Gasteiger partial charge is 0.146 e. The molecule has 0 saturated heterocycles. The SMILES string of the molecule is C1=C(c2ccccc2)N=C(C2Cc3ccccc3-c3cc4c(cc32)c2ccccc2n2c3ccccc3nc42)N=C(c2ccccc2)C1. The Morgan fingerprint density at radius 1 is 0.562 bits per heavy atom. The molecule has 8 aromatic rings. The van der Waals surface area contributed by atoms with E-state index in [1.165, 1.54) is 33.0 Å². The number of fused-ring (bicyclic) bond motifs is 11. The second kappa shape index (κ2) is 10.7. The van der Waals surface area contributed by atoms with Gasteiger partial charge >= 0.3 is 0 Å². The van der Waals surface area contributed by atoms with E-state index in [-0.39, 0.29) is 5.92 Å². The van der Waals surface area contributed by atoms with Crippen LogP contribution in [0.1, 0.15) is 34.6 Å². The van der Waals surface area contributed by atoms with Crippen LogP contribution in [0, 0.1) is 0 Å². The lowest BCUT2D eigenvalue weighted by Crippen LogP contribution is -2.20. The van der Waals surface area contributed by atoms with Crippen molar-refractivity contribution >= 4 is 55.6 Å². The Labute approximate surface area is 278 Å². The number of rotatable bonds is 3. The first-order valence-corrected chi connectivity index (χ1v) is 16.6. The number of benzene rings is 6. The average Bonchev–Trinajstić information content (AvgIpc) is 3.41. The van der Waals surface area contributed by atoms with Gasteiger partial charge < -0.3 is 0 Å². The van der Waals surface area contributed by atoms with Crippen LogP contribution < -0.4 is 0 Å². The Morgan fingerprint density at radius 2 is 1.27 bits per heavy atom. The molecule has 48 heavy (non-hydrogen) atoms. The minimum Gasteiger partial charge on any atom is -0.292 e. The zero-order chi connectivity index (χ0) is 31.6. The van der Waals surface area contributed by atoms with E-state index in [9.17, 15) is 0 Å². The second-order valence-electron chi connectivity index (χ2n) is 12.7. The van der Waals surface area contributed by atoms with Crippen LogP contribution in [0.2, 0.25) is 0 Å². The molecule has 0 radical (unpaired) electrons. The number of aromatic nitrogens is 2. The highest BCUT2D eigenvalue weighted by Crippen LogP contribution is 2.45. The van der Waals surface area contributed by atoms with Gasteiger partial charge in [0.1, 0.15) is 11.5 Å². The normalized spacial score (nSPS) is 15.9. The maximum atomic E-state index is 5.44. The first kappa shape index (κ1) is 27.0. The largest absolute Gasteiger partial charge is 0.292 e. The lowest BCUT2D eigenvalue weighted by molar-refractivity contribution is 0.856.